The molecule has 1 N–H and O–H groups in total. The zero-order chi connectivity index (χ0) is 36.7. The van der Waals surface area contributed by atoms with Crippen LogP contribution in [0.4, 0.5) is 0 Å². The minimum Gasteiger partial charge on any atom is -0.456 e. The summed E-state index contributed by atoms with van der Waals surface area (Å²) in [7, 11) is 0. The first-order valence-corrected chi connectivity index (χ1v) is 19.9. The minimum absolute atomic E-state index is 0.00285. The van der Waals surface area contributed by atoms with Crippen LogP contribution in [-0.4, -0.2) is 5.84 Å². The summed E-state index contributed by atoms with van der Waals surface area (Å²) < 4.78 is 6.56. The van der Waals surface area contributed by atoms with Gasteiger partial charge in [-0.15, -0.1) is 0 Å². The number of nitrogens with zero attached hydrogens (tertiary/aromatic N) is 1. The summed E-state index contributed by atoms with van der Waals surface area (Å²) in [6.45, 7) is 0. The van der Waals surface area contributed by atoms with E-state index in [0.717, 1.165) is 55.7 Å². The lowest BCUT2D eigenvalue weighted by molar-refractivity contribution is 0.669. The monoisotopic (exact) mass is 732 g/mol. The number of hydrogen-bond acceptors (Lipinski definition) is 4. The molecule has 3 heterocycles. The Morgan fingerprint density at radius 1 is 0.464 bits per heavy atom. The maximum absolute atomic E-state index is 6.56. The van der Waals surface area contributed by atoms with E-state index in [0.29, 0.717) is 0 Å². The Labute approximate surface area is 327 Å². The molecule has 0 saturated carbocycles. The smallest absolute Gasteiger partial charge is 0.136 e. The van der Waals surface area contributed by atoms with Gasteiger partial charge in [0, 0.05) is 31.7 Å². The molecule has 4 heteroatoms. The second-order valence-electron chi connectivity index (χ2n) is 14.7. The molecule has 1 atom stereocenters. The molecule has 3 nitrogen and oxygen atoms in total. The average molecular weight is 733 g/mol. The van der Waals surface area contributed by atoms with Crippen LogP contribution in [0.1, 0.15) is 22.7 Å². The van der Waals surface area contributed by atoms with E-state index in [9.17, 15) is 0 Å². The molecule has 0 fully saturated rings. The SMILES string of the molecule is c1cc(-c2ccc3oc4cccc(C5=NC(c6ccc7ccccc7c6)=C6Sc7ccccc7C6N5)c4c3c2)cc(-c2cc3ccccc3c3ccccc23)c1. The highest BCUT2D eigenvalue weighted by molar-refractivity contribution is 8.03. The first kappa shape index (κ1) is 31.5. The third-order valence-corrected chi connectivity index (χ3v) is 12.7. The first-order valence-electron chi connectivity index (χ1n) is 19.1. The molecular weight excluding hydrogens is 701 g/mol. The van der Waals surface area contributed by atoms with Gasteiger partial charge in [0.2, 0.25) is 0 Å². The number of nitrogens with one attached hydrogen (secondary N) is 1. The molecule has 1 aromatic heterocycles. The molecule has 9 aromatic carbocycles. The minimum atomic E-state index is 0.00285. The van der Waals surface area contributed by atoms with Crippen LogP contribution in [0.3, 0.4) is 0 Å². The van der Waals surface area contributed by atoms with Crippen molar-refractivity contribution >= 4 is 77.6 Å². The van der Waals surface area contributed by atoms with Gasteiger partial charge in [0.05, 0.1) is 11.7 Å². The molecule has 12 rings (SSSR count). The molecule has 0 radical (unpaired) electrons. The van der Waals surface area contributed by atoms with Crippen molar-refractivity contribution in [1.29, 1.82) is 0 Å². The molecule has 262 valence electrons. The van der Waals surface area contributed by atoms with E-state index in [2.05, 4.69) is 187 Å². The van der Waals surface area contributed by atoms with E-state index in [1.807, 2.05) is 11.8 Å². The maximum Gasteiger partial charge on any atom is 0.136 e. The Balaban J connectivity index is 1.01. The number of benzene rings is 9. The number of aliphatic imine (C=N–C) groups is 1. The van der Waals surface area contributed by atoms with Crippen LogP contribution in [0.15, 0.2) is 201 Å². The molecule has 0 spiro atoms. The van der Waals surface area contributed by atoms with Crippen LogP contribution in [0.25, 0.3) is 82.2 Å². The lowest BCUT2D eigenvalue weighted by atomic mass is 9.91. The van der Waals surface area contributed by atoms with Crippen molar-refractivity contribution in [2.75, 3.05) is 0 Å². The molecule has 2 aliphatic rings. The zero-order valence-corrected chi connectivity index (χ0v) is 31.0. The Morgan fingerprint density at radius 3 is 2.12 bits per heavy atom. The number of thioether (sulfide) groups is 1. The van der Waals surface area contributed by atoms with Gasteiger partial charge in [-0.25, -0.2) is 4.99 Å². The van der Waals surface area contributed by atoms with Crippen LogP contribution < -0.4 is 5.32 Å². The third kappa shape index (κ3) is 4.89. The van der Waals surface area contributed by atoms with Gasteiger partial charge in [0.1, 0.15) is 17.0 Å². The van der Waals surface area contributed by atoms with Crippen LogP contribution in [0.2, 0.25) is 0 Å². The predicted molar refractivity (Wildman–Crippen MR) is 235 cm³/mol. The van der Waals surface area contributed by atoms with E-state index in [1.165, 1.54) is 58.8 Å². The number of furan rings is 1. The predicted octanol–water partition coefficient (Wildman–Crippen LogP) is 13.9. The molecular formula is C52H32N2OS. The van der Waals surface area contributed by atoms with Crippen LogP contribution >= 0.6 is 11.8 Å². The highest BCUT2D eigenvalue weighted by atomic mass is 32.2. The summed E-state index contributed by atoms with van der Waals surface area (Å²) in [6.07, 6.45) is 0. The summed E-state index contributed by atoms with van der Waals surface area (Å²) in [5, 5.41) is 13.5. The molecule has 1 unspecified atom stereocenters. The third-order valence-electron chi connectivity index (χ3n) is 11.5. The molecule has 10 aromatic rings. The summed E-state index contributed by atoms with van der Waals surface area (Å²) >= 11 is 1.82. The summed E-state index contributed by atoms with van der Waals surface area (Å²) in [6, 6.07) is 65.5. The zero-order valence-electron chi connectivity index (χ0n) is 30.2. The van der Waals surface area contributed by atoms with Crippen molar-refractivity contribution in [2.24, 2.45) is 4.99 Å². The Bertz CT molecular complexity index is 3330. The van der Waals surface area contributed by atoms with Gasteiger partial charge in [0.15, 0.2) is 0 Å². The maximum atomic E-state index is 6.56. The van der Waals surface area contributed by atoms with Crippen LogP contribution in [0, 0.1) is 0 Å². The number of fused-ring (bicyclic) bond motifs is 10. The molecule has 2 aliphatic heterocycles. The Kier molecular flexibility index (Phi) is 6.92. The normalized spacial score (nSPS) is 15.1. The highest BCUT2D eigenvalue weighted by Gasteiger charge is 2.35. The lowest BCUT2D eigenvalue weighted by Crippen LogP contribution is -2.32. The van der Waals surface area contributed by atoms with Crippen LogP contribution in [0.5, 0.6) is 0 Å². The fourth-order valence-electron chi connectivity index (χ4n) is 8.84. The largest absolute Gasteiger partial charge is 0.456 e. The molecule has 0 amide bonds. The Hall–Kier alpha value is -6.88. The quantitative estimate of drug-likeness (QED) is 0.183. The molecule has 0 saturated heterocycles. The molecule has 56 heavy (non-hydrogen) atoms. The summed E-state index contributed by atoms with van der Waals surface area (Å²) in [5.41, 5.74) is 10.9. The van der Waals surface area contributed by atoms with Gasteiger partial charge < -0.3 is 9.73 Å². The van der Waals surface area contributed by atoms with Gasteiger partial charge >= 0.3 is 0 Å². The fraction of sp³-hybridized carbons (Fsp3) is 0.0192. The van der Waals surface area contributed by atoms with Crippen molar-refractivity contribution in [3.8, 4) is 22.3 Å². The van der Waals surface area contributed by atoms with Crippen molar-refractivity contribution in [3.05, 3.63) is 204 Å². The van der Waals surface area contributed by atoms with E-state index in [4.69, 9.17) is 9.41 Å². The van der Waals surface area contributed by atoms with Crippen LogP contribution in [-0.2, 0) is 0 Å². The van der Waals surface area contributed by atoms with E-state index in [1.54, 1.807) is 0 Å². The van der Waals surface area contributed by atoms with E-state index in [-0.39, 0.29) is 6.04 Å². The average Bonchev–Trinajstić information content (AvgIpc) is 3.84. The molecule has 0 bridgehead atoms. The second kappa shape index (κ2) is 12.3. The van der Waals surface area contributed by atoms with Crippen molar-refractivity contribution in [1.82, 2.24) is 5.32 Å². The number of hydrogen-bond donors (Lipinski definition) is 1. The first-order chi connectivity index (χ1) is 27.7. The van der Waals surface area contributed by atoms with Gasteiger partial charge in [-0.2, -0.15) is 0 Å². The number of amidine groups is 1. The second-order valence-corrected chi connectivity index (χ2v) is 15.8. The number of rotatable bonds is 4. The summed E-state index contributed by atoms with van der Waals surface area (Å²) in [5.74, 6) is 0.850. The molecule has 0 aliphatic carbocycles. The van der Waals surface area contributed by atoms with Gasteiger partial charge in [-0.05, 0) is 103 Å². The lowest BCUT2D eigenvalue weighted by Gasteiger charge is -2.26. The Morgan fingerprint density at radius 2 is 1.20 bits per heavy atom. The van der Waals surface area contributed by atoms with E-state index >= 15 is 0 Å². The standard InChI is InChI=1S/C52H32N2OS/c1-2-12-32-28-37(24-23-31(32)11-1)49-51-50(41-19-7-8-22-47(41)56-51)54-52(53-49)42-20-10-21-46-48(42)44-29-34(25-26-45(44)55-46)33-14-9-15-35(27-33)43-30-36-13-3-4-16-38(36)39-17-5-6-18-40(39)43/h1-30,50H,(H,53,54). The fourth-order valence-corrected chi connectivity index (χ4v) is 10.1. The van der Waals surface area contributed by atoms with Crippen molar-refractivity contribution in [2.45, 2.75) is 10.9 Å². The van der Waals surface area contributed by atoms with Gasteiger partial charge in [-0.3, -0.25) is 0 Å². The van der Waals surface area contributed by atoms with Gasteiger partial charge in [0.25, 0.3) is 0 Å². The highest BCUT2D eigenvalue weighted by Crippen LogP contribution is 2.52. The van der Waals surface area contributed by atoms with E-state index < -0.39 is 0 Å². The van der Waals surface area contributed by atoms with Crippen molar-refractivity contribution in [3.63, 3.8) is 0 Å². The van der Waals surface area contributed by atoms with Crippen molar-refractivity contribution < 1.29 is 4.42 Å². The summed E-state index contributed by atoms with van der Waals surface area (Å²) in [4.78, 5) is 7.99. The van der Waals surface area contributed by atoms with Gasteiger partial charge in [-0.1, -0.05) is 151 Å². The topological polar surface area (TPSA) is 37.5 Å².